The predicted octanol–water partition coefficient (Wildman–Crippen LogP) is 2.59. The molecule has 1 heterocycles. The number of benzene rings is 1. The summed E-state index contributed by atoms with van der Waals surface area (Å²) in [4.78, 5) is 16.6. The number of amides is 1. The fourth-order valence-electron chi connectivity index (χ4n) is 1.96. The lowest BCUT2D eigenvalue weighted by molar-refractivity contribution is -0.120. The number of nitrogens with zero attached hydrogens (tertiary/aromatic N) is 1. The first-order valence-electron chi connectivity index (χ1n) is 6.61. The molecule has 0 spiro atoms. The second kappa shape index (κ2) is 5.83. The predicted molar refractivity (Wildman–Crippen MR) is 83.3 cm³/mol. The van der Waals surface area contributed by atoms with Gasteiger partial charge in [0, 0.05) is 11.9 Å². The van der Waals surface area contributed by atoms with E-state index in [0.29, 0.717) is 17.3 Å². The standard InChI is InChI=1S/C16H19N3O2/c1-16(2,11-6-8-12(17)9-7-11)15(20)19-13-5-4-10-18-14(13)21-3/h4-10H,17H2,1-3H3,(H,19,20). The molecule has 0 fully saturated rings. The lowest BCUT2D eigenvalue weighted by Crippen LogP contribution is -2.34. The fourth-order valence-corrected chi connectivity index (χ4v) is 1.96. The zero-order valence-electron chi connectivity index (χ0n) is 12.4. The van der Waals surface area contributed by atoms with Crippen LogP contribution < -0.4 is 15.8 Å². The summed E-state index contributed by atoms with van der Waals surface area (Å²) in [6.45, 7) is 3.72. The van der Waals surface area contributed by atoms with Gasteiger partial charge in [-0.3, -0.25) is 4.79 Å². The third-order valence-corrected chi connectivity index (χ3v) is 3.41. The molecule has 5 heteroatoms. The Labute approximate surface area is 124 Å². The van der Waals surface area contributed by atoms with Crippen LogP contribution in [0.4, 0.5) is 11.4 Å². The highest BCUT2D eigenvalue weighted by Gasteiger charge is 2.30. The monoisotopic (exact) mass is 285 g/mol. The van der Waals surface area contributed by atoms with Gasteiger partial charge in [0.1, 0.15) is 5.69 Å². The number of carbonyl (C=O) groups is 1. The summed E-state index contributed by atoms with van der Waals surface area (Å²) in [5.74, 6) is 0.248. The zero-order valence-corrected chi connectivity index (χ0v) is 12.4. The third kappa shape index (κ3) is 3.13. The Bertz CT molecular complexity index is 636. The quantitative estimate of drug-likeness (QED) is 0.846. The molecule has 1 amide bonds. The molecular weight excluding hydrogens is 266 g/mol. The van der Waals surface area contributed by atoms with Crippen molar-refractivity contribution in [1.82, 2.24) is 4.98 Å². The Morgan fingerprint density at radius 3 is 2.52 bits per heavy atom. The van der Waals surface area contributed by atoms with E-state index in [2.05, 4.69) is 10.3 Å². The van der Waals surface area contributed by atoms with Gasteiger partial charge in [-0.2, -0.15) is 0 Å². The molecule has 21 heavy (non-hydrogen) atoms. The molecule has 0 saturated heterocycles. The van der Waals surface area contributed by atoms with Gasteiger partial charge >= 0.3 is 0 Å². The second-order valence-corrected chi connectivity index (χ2v) is 5.26. The molecule has 0 bridgehead atoms. The third-order valence-electron chi connectivity index (χ3n) is 3.41. The topological polar surface area (TPSA) is 77.2 Å². The van der Waals surface area contributed by atoms with E-state index in [9.17, 15) is 4.79 Å². The van der Waals surface area contributed by atoms with Crippen LogP contribution in [0.2, 0.25) is 0 Å². The Morgan fingerprint density at radius 2 is 1.90 bits per heavy atom. The zero-order chi connectivity index (χ0) is 15.5. The van der Waals surface area contributed by atoms with Gasteiger partial charge in [0.05, 0.1) is 12.5 Å². The van der Waals surface area contributed by atoms with Crippen LogP contribution in [-0.2, 0) is 10.2 Å². The number of methoxy groups -OCH3 is 1. The number of nitrogens with two attached hydrogens (primary N) is 1. The minimum atomic E-state index is -0.700. The van der Waals surface area contributed by atoms with Crippen LogP contribution in [0.3, 0.4) is 0 Å². The van der Waals surface area contributed by atoms with Crippen molar-refractivity contribution in [3.8, 4) is 5.88 Å². The van der Waals surface area contributed by atoms with Crippen molar-refractivity contribution in [2.75, 3.05) is 18.2 Å². The molecular formula is C16H19N3O2. The maximum atomic E-state index is 12.6. The largest absolute Gasteiger partial charge is 0.480 e. The molecule has 0 radical (unpaired) electrons. The molecule has 5 nitrogen and oxygen atoms in total. The van der Waals surface area contributed by atoms with E-state index >= 15 is 0 Å². The maximum Gasteiger partial charge on any atom is 0.237 e. The van der Waals surface area contributed by atoms with Gasteiger partial charge < -0.3 is 15.8 Å². The van der Waals surface area contributed by atoms with Crippen molar-refractivity contribution < 1.29 is 9.53 Å². The molecule has 0 unspecified atom stereocenters. The summed E-state index contributed by atoms with van der Waals surface area (Å²) in [5, 5.41) is 2.86. The lowest BCUT2D eigenvalue weighted by Gasteiger charge is -2.24. The first-order valence-corrected chi connectivity index (χ1v) is 6.61. The van der Waals surface area contributed by atoms with Crippen molar-refractivity contribution in [3.63, 3.8) is 0 Å². The van der Waals surface area contributed by atoms with Crippen molar-refractivity contribution in [3.05, 3.63) is 48.2 Å². The van der Waals surface area contributed by atoms with Crippen LogP contribution in [-0.4, -0.2) is 18.0 Å². The Hall–Kier alpha value is -2.56. The molecule has 110 valence electrons. The van der Waals surface area contributed by atoms with Crippen LogP contribution in [0.1, 0.15) is 19.4 Å². The highest BCUT2D eigenvalue weighted by atomic mass is 16.5. The molecule has 2 aromatic rings. The van der Waals surface area contributed by atoms with Crippen LogP contribution in [0, 0.1) is 0 Å². The van der Waals surface area contributed by atoms with Crippen LogP contribution in [0.5, 0.6) is 5.88 Å². The Kier molecular flexibility index (Phi) is 4.12. The number of rotatable bonds is 4. The SMILES string of the molecule is COc1ncccc1NC(=O)C(C)(C)c1ccc(N)cc1. The summed E-state index contributed by atoms with van der Waals surface area (Å²) in [6, 6.07) is 10.8. The van der Waals surface area contributed by atoms with Crippen molar-refractivity contribution in [1.29, 1.82) is 0 Å². The van der Waals surface area contributed by atoms with Crippen molar-refractivity contribution >= 4 is 17.3 Å². The maximum absolute atomic E-state index is 12.6. The summed E-state index contributed by atoms with van der Waals surface area (Å²) < 4.78 is 5.14. The highest BCUT2D eigenvalue weighted by molar-refractivity contribution is 5.99. The molecule has 0 saturated carbocycles. The van der Waals surface area contributed by atoms with E-state index in [1.54, 1.807) is 30.5 Å². The van der Waals surface area contributed by atoms with Gasteiger partial charge in [-0.15, -0.1) is 0 Å². The summed E-state index contributed by atoms with van der Waals surface area (Å²) in [7, 11) is 1.52. The number of carbonyl (C=O) groups excluding carboxylic acids is 1. The number of nitrogens with one attached hydrogen (secondary N) is 1. The number of anilines is 2. The van der Waals surface area contributed by atoms with Gasteiger partial charge in [-0.25, -0.2) is 4.98 Å². The van der Waals surface area contributed by atoms with E-state index in [1.165, 1.54) is 7.11 Å². The number of hydrogen-bond donors (Lipinski definition) is 2. The molecule has 0 aliphatic heterocycles. The van der Waals surface area contributed by atoms with E-state index in [1.807, 2.05) is 26.0 Å². The molecule has 0 aliphatic carbocycles. The fraction of sp³-hybridized carbons (Fsp3) is 0.250. The minimum absolute atomic E-state index is 0.140. The van der Waals surface area contributed by atoms with Crippen molar-refractivity contribution in [2.45, 2.75) is 19.3 Å². The number of aromatic nitrogens is 1. The molecule has 1 aromatic carbocycles. The first-order chi connectivity index (χ1) is 9.95. The highest BCUT2D eigenvalue weighted by Crippen LogP contribution is 2.28. The Balaban J connectivity index is 2.24. The molecule has 2 rings (SSSR count). The van der Waals surface area contributed by atoms with Crippen molar-refractivity contribution in [2.24, 2.45) is 0 Å². The molecule has 0 aliphatic rings. The van der Waals surface area contributed by atoms with Crippen LogP contribution in [0.25, 0.3) is 0 Å². The summed E-state index contributed by atoms with van der Waals surface area (Å²) in [5.41, 5.74) is 7.09. The van der Waals surface area contributed by atoms with E-state index in [0.717, 1.165) is 5.56 Å². The summed E-state index contributed by atoms with van der Waals surface area (Å²) in [6.07, 6.45) is 1.61. The van der Waals surface area contributed by atoms with E-state index < -0.39 is 5.41 Å². The van der Waals surface area contributed by atoms with Crippen LogP contribution >= 0.6 is 0 Å². The van der Waals surface area contributed by atoms with Gasteiger partial charge in [-0.1, -0.05) is 12.1 Å². The molecule has 3 N–H and O–H groups in total. The molecule has 1 aromatic heterocycles. The molecule has 0 atom stereocenters. The number of hydrogen-bond acceptors (Lipinski definition) is 4. The van der Waals surface area contributed by atoms with Crippen LogP contribution in [0.15, 0.2) is 42.6 Å². The van der Waals surface area contributed by atoms with Gasteiger partial charge in [0.2, 0.25) is 11.8 Å². The first kappa shape index (κ1) is 14.8. The number of ether oxygens (including phenoxy) is 1. The average molecular weight is 285 g/mol. The number of pyridine rings is 1. The number of nitrogen functional groups attached to an aromatic ring is 1. The van der Waals surface area contributed by atoms with E-state index in [4.69, 9.17) is 10.5 Å². The minimum Gasteiger partial charge on any atom is -0.480 e. The Morgan fingerprint density at radius 1 is 1.24 bits per heavy atom. The lowest BCUT2D eigenvalue weighted by atomic mass is 9.83. The average Bonchev–Trinajstić information content (AvgIpc) is 2.48. The van der Waals surface area contributed by atoms with Gasteiger partial charge in [0.25, 0.3) is 0 Å². The normalized spacial score (nSPS) is 11.0. The second-order valence-electron chi connectivity index (χ2n) is 5.26. The van der Waals surface area contributed by atoms with E-state index in [-0.39, 0.29) is 5.91 Å². The van der Waals surface area contributed by atoms with Gasteiger partial charge in [0.15, 0.2) is 0 Å². The summed E-state index contributed by atoms with van der Waals surface area (Å²) >= 11 is 0. The van der Waals surface area contributed by atoms with Gasteiger partial charge in [-0.05, 0) is 43.7 Å². The smallest absolute Gasteiger partial charge is 0.237 e.